The van der Waals surface area contributed by atoms with Gasteiger partial charge in [0.15, 0.2) is 0 Å². The second kappa shape index (κ2) is 7.90. The fourth-order valence-corrected chi connectivity index (χ4v) is 2.47. The predicted molar refractivity (Wildman–Crippen MR) is 78.4 cm³/mol. The second-order valence-electron chi connectivity index (χ2n) is 4.35. The van der Waals surface area contributed by atoms with Crippen LogP contribution >= 0.6 is 24.0 Å². The first-order chi connectivity index (χ1) is 8.76. The van der Waals surface area contributed by atoms with Crippen LogP contribution in [0.3, 0.4) is 0 Å². The van der Waals surface area contributed by atoms with Crippen molar-refractivity contribution in [1.82, 2.24) is 10.2 Å². The maximum Gasteiger partial charge on any atom is 0.137 e. The van der Waals surface area contributed by atoms with E-state index in [4.69, 9.17) is 16.3 Å². The maximum absolute atomic E-state index is 13.3. The zero-order valence-corrected chi connectivity index (χ0v) is 12.4. The molecule has 0 radical (unpaired) electrons. The molecule has 0 amide bonds. The molecule has 0 aliphatic carbocycles. The van der Waals surface area contributed by atoms with Crippen molar-refractivity contribution in [2.45, 2.75) is 6.04 Å². The van der Waals surface area contributed by atoms with Crippen LogP contribution in [0.4, 0.5) is 4.39 Å². The van der Waals surface area contributed by atoms with Gasteiger partial charge in [-0.15, -0.1) is 12.4 Å². The fourth-order valence-electron chi connectivity index (χ4n) is 2.27. The number of hydrogen-bond donors (Lipinski definition) is 1. The molecule has 108 valence electrons. The standard InChI is InChI=1S/C13H18ClFN2O.ClH/c1-18-13-8-10(2-3-11(13)14)12(9-15)17-6-4-16-5-7-17;/h2-3,8,12,16H,4-7,9H2,1H3;1H/t12-;/m1./s1. The van der Waals surface area contributed by atoms with E-state index in [1.807, 2.05) is 12.1 Å². The Morgan fingerprint density at radius 3 is 2.68 bits per heavy atom. The Labute approximate surface area is 124 Å². The van der Waals surface area contributed by atoms with Gasteiger partial charge in [0.25, 0.3) is 0 Å². The summed E-state index contributed by atoms with van der Waals surface area (Å²) in [5.41, 5.74) is 0.917. The molecule has 1 heterocycles. The normalized spacial score (nSPS) is 17.6. The van der Waals surface area contributed by atoms with E-state index in [2.05, 4.69) is 10.2 Å². The SMILES string of the molecule is COc1cc([C@@H](CF)N2CCNCC2)ccc1Cl.Cl. The third kappa shape index (κ3) is 3.96. The summed E-state index contributed by atoms with van der Waals surface area (Å²) in [4.78, 5) is 2.15. The molecule has 2 rings (SSSR count). The molecule has 1 aromatic carbocycles. The topological polar surface area (TPSA) is 24.5 Å². The van der Waals surface area contributed by atoms with Crippen molar-refractivity contribution in [2.75, 3.05) is 40.0 Å². The lowest BCUT2D eigenvalue weighted by Gasteiger charge is -2.33. The Morgan fingerprint density at radius 2 is 2.11 bits per heavy atom. The Balaban J connectivity index is 0.00000180. The number of alkyl halides is 1. The molecule has 3 nitrogen and oxygen atoms in total. The summed E-state index contributed by atoms with van der Waals surface area (Å²) in [5.74, 6) is 0.600. The van der Waals surface area contributed by atoms with E-state index in [1.165, 1.54) is 0 Å². The van der Waals surface area contributed by atoms with Crippen molar-refractivity contribution in [3.05, 3.63) is 28.8 Å². The first-order valence-corrected chi connectivity index (χ1v) is 6.48. The molecular formula is C13H19Cl2FN2O. The number of methoxy groups -OCH3 is 1. The van der Waals surface area contributed by atoms with Gasteiger partial charge in [0.2, 0.25) is 0 Å². The van der Waals surface area contributed by atoms with E-state index in [0.717, 1.165) is 31.7 Å². The van der Waals surface area contributed by atoms with E-state index < -0.39 is 6.67 Å². The lowest BCUT2D eigenvalue weighted by molar-refractivity contribution is 0.147. The average Bonchev–Trinajstić information content (AvgIpc) is 2.42. The van der Waals surface area contributed by atoms with Crippen molar-refractivity contribution in [3.8, 4) is 5.75 Å². The van der Waals surface area contributed by atoms with Gasteiger partial charge >= 0.3 is 0 Å². The van der Waals surface area contributed by atoms with Crippen LogP contribution in [0, 0.1) is 0 Å². The zero-order valence-electron chi connectivity index (χ0n) is 10.9. The molecule has 1 aliphatic heterocycles. The highest BCUT2D eigenvalue weighted by atomic mass is 35.5. The molecule has 0 saturated carbocycles. The van der Waals surface area contributed by atoms with Crippen molar-refractivity contribution < 1.29 is 9.13 Å². The summed E-state index contributed by atoms with van der Waals surface area (Å²) in [6.45, 7) is 3.13. The highest BCUT2D eigenvalue weighted by Crippen LogP contribution is 2.30. The van der Waals surface area contributed by atoms with Crippen molar-refractivity contribution >= 4 is 24.0 Å². The summed E-state index contributed by atoms with van der Waals surface area (Å²) >= 11 is 5.99. The highest BCUT2D eigenvalue weighted by Gasteiger charge is 2.22. The molecule has 1 atom stereocenters. The molecule has 19 heavy (non-hydrogen) atoms. The van der Waals surface area contributed by atoms with Crippen LogP contribution in [0.1, 0.15) is 11.6 Å². The smallest absolute Gasteiger partial charge is 0.137 e. The van der Waals surface area contributed by atoms with Crippen LogP contribution in [0.15, 0.2) is 18.2 Å². The van der Waals surface area contributed by atoms with Gasteiger partial charge in [-0.1, -0.05) is 17.7 Å². The van der Waals surface area contributed by atoms with Gasteiger partial charge < -0.3 is 10.1 Å². The number of ether oxygens (including phenoxy) is 1. The molecule has 1 aromatic rings. The third-order valence-corrected chi connectivity index (χ3v) is 3.61. The molecule has 1 aliphatic rings. The number of benzene rings is 1. The van der Waals surface area contributed by atoms with Crippen LogP contribution in [-0.2, 0) is 0 Å². The zero-order chi connectivity index (χ0) is 13.0. The van der Waals surface area contributed by atoms with Crippen LogP contribution in [0.2, 0.25) is 5.02 Å². The first kappa shape index (κ1) is 16.5. The quantitative estimate of drug-likeness (QED) is 0.925. The van der Waals surface area contributed by atoms with E-state index in [1.54, 1.807) is 13.2 Å². The van der Waals surface area contributed by atoms with Crippen LogP contribution in [0.5, 0.6) is 5.75 Å². The lowest BCUT2D eigenvalue weighted by atomic mass is 10.1. The van der Waals surface area contributed by atoms with Gasteiger partial charge in [-0.05, 0) is 17.7 Å². The highest BCUT2D eigenvalue weighted by molar-refractivity contribution is 6.32. The molecule has 1 fully saturated rings. The number of rotatable bonds is 4. The molecule has 6 heteroatoms. The number of hydrogen-bond acceptors (Lipinski definition) is 3. The molecule has 0 bridgehead atoms. The number of nitrogens with zero attached hydrogens (tertiary/aromatic N) is 1. The number of nitrogens with one attached hydrogen (secondary N) is 1. The second-order valence-corrected chi connectivity index (χ2v) is 4.76. The Hall–Kier alpha value is -0.550. The molecule has 0 aromatic heterocycles. The Kier molecular flexibility index (Phi) is 6.86. The van der Waals surface area contributed by atoms with Gasteiger partial charge in [0.05, 0.1) is 18.2 Å². The lowest BCUT2D eigenvalue weighted by Crippen LogP contribution is -2.45. The molecule has 0 unspecified atom stereocenters. The van der Waals surface area contributed by atoms with E-state index in [-0.39, 0.29) is 18.4 Å². The monoisotopic (exact) mass is 308 g/mol. The Morgan fingerprint density at radius 1 is 1.42 bits per heavy atom. The molecule has 1 saturated heterocycles. The van der Waals surface area contributed by atoms with E-state index >= 15 is 0 Å². The third-order valence-electron chi connectivity index (χ3n) is 3.30. The summed E-state index contributed by atoms with van der Waals surface area (Å²) in [6.07, 6.45) is 0. The largest absolute Gasteiger partial charge is 0.495 e. The van der Waals surface area contributed by atoms with Crippen LogP contribution < -0.4 is 10.1 Å². The van der Waals surface area contributed by atoms with Crippen molar-refractivity contribution in [3.63, 3.8) is 0 Å². The average molecular weight is 309 g/mol. The molecule has 1 N–H and O–H groups in total. The van der Waals surface area contributed by atoms with Gasteiger partial charge in [0.1, 0.15) is 12.4 Å². The van der Waals surface area contributed by atoms with Gasteiger partial charge in [-0.2, -0.15) is 0 Å². The summed E-state index contributed by atoms with van der Waals surface area (Å²) in [7, 11) is 1.57. The van der Waals surface area contributed by atoms with Crippen LogP contribution in [-0.4, -0.2) is 44.9 Å². The van der Waals surface area contributed by atoms with Crippen molar-refractivity contribution in [2.24, 2.45) is 0 Å². The van der Waals surface area contributed by atoms with Crippen LogP contribution in [0.25, 0.3) is 0 Å². The fraction of sp³-hybridized carbons (Fsp3) is 0.538. The van der Waals surface area contributed by atoms with Gasteiger partial charge in [0, 0.05) is 26.2 Å². The van der Waals surface area contributed by atoms with E-state index in [0.29, 0.717) is 10.8 Å². The minimum absolute atomic E-state index is 0. The predicted octanol–water partition coefficient (Wildman–Crippen LogP) is 2.69. The van der Waals surface area contributed by atoms with Crippen molar-refractivity contribution in [1.29, 1.82) is 0 Å². The van der Waals surface area contributed by atoms with Gasteiger partial charge in [-0.3, -0.25) is 4.90 Å². The minimum Gasteiger partial charge on any atom is -0.495 e. The number of piperazine rings is 1. The molecular weight excluding hydrogens is 290 g/mol. The summed E-state index contributed by atoms with van der Waals surface area (Å²) in [6, 6.07) is 5.25. The van der Waals surface area contributed by atoms with E-state index in [9.17, 15) is 4.39 Å². The Bertz CT molecular complexity index is 400. The minimum atomic E-state index is -0.398. The first-order valence-electron chi connectivity index (χ1n) is 6.10. The van der Waals surface area contributed by atoms with Gasteiger partial charge in [-0.25, -0.2) is 4.39 Å². The summed E-state index contributed by atoms with van der Waals surface area (Å²) < 4.78 is 18.5. The number of halogens is 3. The molecule has 0 spiro atoms. The summed E-state index contributed by atoms with van der Waals surface area (Å²) in [5, 5.41) is 3.82. The maximum atomic E-state index is 13.3.